The second kappa shape index (κ2) is 6.48. The van der Waals surface area contributed by atoms with Crippen molar-refractivity contribution >= 4 is 23.3 Å². The van der Waals surface area contributed by atoms with Crippen LogP contribution in [0.15, 0.2) is 71.0 Å². The van der Waals surface area contributed by atoms with Gasteiger partial charge in [-0.3, -0.25) is 0 Å². The molecule has 0 fully saturated rings. The Hall–Kier alpha value is -2.88. The van der Waals surface area contributed by atoms with E-state index in [1.807, 2.05) is 74.7 Å². The van der Waals surface area contributed by atoms with Gasteiger partial charge in [-0.25, -0.2) is 0 Å². The van der Waals surface area contributed by atoms with Gasteiger partial charge in [0, 0.05) is 49.7 Å². The van der Waals surface area contributed by atoms with E-state index in [4.69, 9.17) is 0 Å². The third-order valence-corrected chi connectivity index (χ3v) is 3.69. The number of nitrogens with zero attached hydrogens (tertiary/aromatic N) is 4. The molecule has 4 nitrogen and oxygen atoms in total. The Morgan fingerprint density at radius 1 is 0.913 bits per heavy atom. The summed E-state index contributed by atoms with van der Waals surface area (Å²) in [5.41, 5.74) is 2.85. The fourth-order valence-corrected chi connectivity index (χ4v) is 2.40. The molecule has 1 heterocycles. The van der Waals surface area contributed by atoms with E-state index in [2.05, 4.69) is 33.5 Å². The van der Waals surface area contributed by atoms with Gasteiger partial charge in [0.1, 0.15) is 0 Å². The molecule has 3 rings (SSSR count). The normalized spacial score (nSPS) is 13.7. The molecule has 2 aromatic carbocycles. The molecule has 2 aromatic rings. The predicted molar refractivity (Wildman–Crippen MR) is 95.8 cm³/mol. The first-order chi connectivity index (χ1) is 11.1. The Morgan fingerprint density at radius 2 is 1.65 bits per heavy atom. The molecule has 0 N–H and O–H groups in total. The molecule has 0 unspecified atom stereocenters. The number of hydrogen-bond donors (Lipinski definition) is 0. The monoisotopic (exact) mass is 304 g/mol. The van der Waals surface area contributed by atoms with Crippen LogP contribution in [-0.2, 0) is 0 Å². The van der Waals surface area contributed by atoms with Crippen LogP contribution in [0.3, 0.4) is 0 Å². The van der Waals surface area contributed by atoms with Crippen LogP contribution in [0.25, 0.3) is 11.9 Å². The maximum atomic E-state index is 4.46. The van der Waals surface area contributed by atoms with Gasteiger partial charge in [0.15, 0.2) is 0 Å². The van der Waals surface area contributed by atoms with Crippen LogP contribution in [0.1, 0.15) is 0 Å². The lowest BCUT2D eigenvalue weighted by molar-refractivity contribution is 0.681. The first-order valence-corrected chi connectivity index (χ1v) is 7.54. The molecule has 0 aromatic heterocycles. The van der Waals surface area contributed by atoms with Gasteiger partial charge in [-0.15, -0.1) is 5.11 Å². The largest absolute Gasteiger partial charge is 0.378 e. The molecule has 0 saturated heterocycles. The average Bonchev–Trinajstić information content (AvgIpc) is 2.71. The number of rotatable bonds is 3. The average molecular weight is 304 g/mol. The zero-order chi connectivity index (χ0) is 16.2. The molecule has 0 saturated carbocycles. The van der Waals surface area contributed by atoms with Crippen molar-refractivity contribution in [1.82, 2.24) is 4.90 Å². The van der Waals surface area contributed by atoms with Gasteiger partial charge in [0.2, 0.25) is 0 Å². The van der Waals surface area contributed by atoms with Crippen LogP contribution in [0.5, 0.6) is 0 Å². The van der Waals surface area contributed by atoms with E-state index in [9.17, 15) is 0 Å². The Labute approximate surface area is 136 Å². The summed E-state index contributed by atoms with van der Waals surface area (Å²) >= 11 is 0. The SMILES string of the molecule is CN1C=CC(N=Nc2ccc(N(C)C)cc2)=c2ccccc2=C1. The summed E-state index contributed by atoms with van der Waals surface area (Å²) in [6.45, 7) is 0. The van der Waals surface area contributed by atoms with Crippen molar-refractivity contribution in [2.24, 2.45) is 10.2 Å². The highest BCUT2D eigenvalue weighted by Crippen LogP contribution is 2.19. The zero-order valence-corrected chi connectivity index (χ0v) is 13.6. The molecule has 0 aliphatic carbocycles. The molecule has 23 heavy (non-hydrogen) atoms. The van der Waals surface area contributed by atoms with Crippen molar-refractivity contribution in [1.29, 1.82) is 0 Å². The first-order valence-electron chi connectivity index (χ1n) is 7.54. The van der Waals surface area contributed by atoms with E-state index >= 15 is 0 Å². The van der Waals surface area contributed by atoms with Gasteiger partial charge in [0.25, 0.3) is 0 Å². The minimum Gasteiger partial charge on any atom is -0.378 e. The lowest BCUT2D eigenvalue weighted by atomic mass is 10.2. The van der Waals surface area contributed by atoms with Crippen LogP contribution in [0, 0.1) is 0 Å². The van der Waals surface area contributed by atoms with Crippen molar-refractivity contribution in [2.45, 2.75) is 0 Å². The molecular weight excluding hydrogens is 284 g/mol. The van der Waals surface area contributed by atoms with Crippen LogP contribution in [0.2, 0.25) is 0 Å². The standard InChI is InChI=1S/C19H20N4/c1-22(2)17-10-8-16(9-11-17)20-21-19-12-13-23(3)14-15-6-4-5-7-18(15)19/h4-14H,1-3H3. The summed E-state index contributed by atoms with van der Waals surface area (Å²) in [6, 6.07) is 16.2. The maximum absolute atomic E-state index is 4.46. The molecule has 0 bridgehead atoms. The highest BCUT2D eigenvalue weighted by atomic mass is 15.1. The lowest BCUT2D eigenvalue weighted by Crippen LogP contribution is -2.26. The second-order valence-electron chi connectivity index (χ2n) is 5.69. The Morgan fingerprint density at radius 3 is 2.39 bits per heavy atom. The summed E-state index contributed by atoms with van der Waals surface area (Å²) in [4.78, 5) is 4.08. The molecule has 4 heteroatoms. The number of hydrogen-bond acceptors (Lipinski definition) is 4. The van der Waals surface area contributed by atoms with Crippen LogP contribution < -0.4 is 15.3 Å². The van der Waals surface area contributed by atoms with Gasteiger partial charge in [0.05, 0.1) is 11.4 Å². The van der Waals surface area contributed by atoms with Gasteiger partial charge >= 0.3 is 0 Å². The van der Waals surface area contributed by atoms with Crippen molar-refractivity contribution in [3.8, 4) is 0 Å². The van der Waals surface area contributed by atoms with E-state index in [1.165, 1.54) is 0 Å². The fraction of sp³-hybridized carbons (Fsp3) is 0.158. The van der Waals surface area contributed by atoms with Gasteiger partial charge in [-0.05, 0) is 30.3 Å². The van der Waals surface area contributed by atoms with Crippen molar-refractivity contribution in [3.63, 3.8) is 0 Å². The van der Waals surface area contributed by atoms with Gasteiger partial charge in [-0.1, -0.05) is 24.3 Å². The molecule has 0 radical (unpaired) electrons. The third-order valence-electron chi connectivity index (χ3n) is 3.69. The fourth-order valence-electron chi connectivity index (χ4n) is 2.40. The highest BCUT2D eigenvalue weighted by Gasteiger charge is 2.00. The maximum Gasteiger partial charge on any atom is 0.0950 e. The van der Waals surface area contributed by atoms with Crippen molar-refractivity contribution < 1.29 is 0 Å². The Bertz CT molecular complexity index is 861. The molecule has 1 aliphatic heterocycles. The quantitative estimate of drug-likeness (QED) is 0.817. The highest BCUT2D eigenvalue weighted by molar-refractivity contribution is 5.58. The Balaban J connectivity index is 1.98. The zero-order valence-electron chi connectivity index (χ0n) is 13.6. The van der Waals surface area contributed by atoms with E-state index in [0.29, 0.717) is 0 Å². The van der Waals surface area contributed by atoms with E-state index in [0.717, 1.165) is 27.5 Å². The molecule has 1 aliphatic rings. The summed E-state index contributed by atoms with van der Waals surface area (Å²) in [5, 5.41) is 11.1. The van der Waals surface area contributed by atoms with Gasteiger partial charge < -0.3 is 9.80 Å². The first kappa shape index (κ1) is 15.0. The summed E-state index contributed by atoms with van der Waals surface area (Å²) in [6.07, 6.45) is 6.06. The van der Waals surface area contributed by atoms with Crippen LogP contribution >= 0.6 is 0 Å². The van der Waals surface area contributed by atoms with E-state index in [-0.39, 0.29) is 0 Å². The molecule has 0 atom stereocenters. The minimum atomic E-state index is 0.843. The number of fused-ring (bicyclic) bond motifs is 1. The molecular formula is C19H20N4. The van der Waals surface area contributed by atoms with Crippen molar-refractivity contribution in [2.75, 3.05) is 26.0 Å². The molecule has 116 valence electrons. The van der Waals surface area contributed by atoms with Crippen molar-refractivity contribution in [3.05, 3.63) is 71.2 Å². The lowest BCUT2D eigenvalue weighted by Gasteiger charge is -2.11. The Kier molecular flexibility index (Phi) is 4.24. The molecule has 0 amide bonds. The molecule has 0 spiro atoms. The number of benzene rings is 2. The summed E-state index contributed by atoms with van der Waals surface area (Å²) in [7, 11) is 6.05. The number of anilines is 1. The second-order valence-corrected chi connectivity index (χ2v) is 5.69. The topological polar surface area (TPSA) is 31.2 Å². The third kappa shape index (κ3) is 3.48. The number of azo groups is 1. The van der Waals surface area contributed by atoms with Crippen LogP contribution in [0.4, 0.5) is 11.4 Å². The summed E-state index contributed by atoms with van der Waals surface area (Å²) < 4.78 is 0. The van der Waals surface area contributed by atoms with Gasteiger partial charge in [-0.2, -0.15) is 5.11 Å². The van der Waals surface area contributed by atoms with E-state index < -0.39 is 0 Å². The smallest absolute Gasteiger partial charge is 0.0950 e. The predicted octanol–water partition coefficient (Wildman–Crippen LogP) is 2.84. The van der Waals surface area contributed by atoms with Crippen LogP contribution in [-0.4, -0.2) is 26.0 Å². The summed E-state index contributed by atoms with van der Waals surface area (Å²) in [5.74, 6) is 0. The minimum absolute atomic E-state index is 0.843. The van der Waals surface area contributed by atoms with E-state index in [1.54, 1.807) is 0 Å².